The van der Waals surface area contributed by atoms with Crippen molar-refractivity contribution >= 4 is 33.0 Å². The van der Waals surface area contributed by atoms with E-state index < -0.39 is 14.9 Å². The third kappa shape index (κ3) is 5.77. The average molecular weight is 433 g/mol. The van der Waals surface area contributed by atoms with Crippen molar-refractivity contribution in [1.29, 1.82) is 0 Å². The quantitative estimate of drug-likeness (QED) is 0.512. The van der Waals surface area contributed by atoms with Gasteiger partial charge in [0.05, 0.1) is 11.2 Å². The maximum Gasteiger partial charge on any atom is 0.293 e. The van der Waals surface area contributed by atoms with Crippen molar-refractivity contribution in [3.63, 3.8) is 0 Å². The minimum atomic E-state index is -3.29. The van der Waals surface area contributed by atoms with Crippen molar-refractivity contribution in [2.45, 2.75) is 12.8 Å². The van der Waals surface area contributed by atoms with Crippen LogP contribution in [0.15, 0.2) is 48.5 Å². The Morgan fingerprint density at radius 1 is 1.23 bits per heavy atom. The van der Waals surface area contributed by atoms with Crippen LogP contribution in [-0.4, -0.2) is 50.0 Å². The number of nitro benzene ring substituents is 1. The second-order valence-corrected chi connectivity index (χ2v) is 9.19. The van der Waals surface area contributed by atoms with E-state index in [-0.39, 0.29) is 29.6 Å². The summed E-state index contributed by atoms with van der Waals surface area (Å²) in [6.45, 7) is 1.20. The van der Waals surface area contributed by atoms with Crippen molar-refractivity contribution in [1.82, 2.24) is 9.62 Å². The van der Waals surface area contributed by atoms with Crippen LogP contribution in [0.5, 0.6) is 0 Å². The highest BCUT2D eigenvalue weighted by Gasteiger charge is 2.27. The molecular weight excluding hydrogens is 408 g/mol. The van der Waals surface area contributed by atoms with E-state index in [0.29, 0.717) is 24.5 Å². The van der Waals surface area contributed by atoms with Gasteiger partial charge in [-0.05, 0) is 43.0 Å². The lowest BCUT2D eigenvalue weighted by Crippen LogP contribution is -2.43. The number of nitro groups is 1. The number of nitrogens with zero attached hydrogens (tertiary/aromatic N) is 2. The van der Waals surface area contributed by atoms with Crippen LogP contribution in [0.1, 0.15) is 23.2 Å². The van der Waals surface area contributed by atoms with Crippen molar-refractivity contribution in [3.8, 4) is 0 Å². The number of rotatable bonds is 7. The van der Waals surface area contributed by atoms with E-state index in [1.807, 2.05) is 18.2 Å². The smallest absolute Gasteiger partial charge is 0.293 e. The van der Waals surface area contributed by atoms with Gasteiger partial charge in [-0.1, -0.05) is 18.2 Å². The fourth-order valence-corrected chi connectivity index (χ4v) is 4.00. The van der Waals surface area contributed by atoms with Crippen molar-refractivity contribution in [3.05, 3.63) is 64.2 Å². The van der Waals surface area contributed by atoms with Crippen LogP contribution >= 0.6 is 0 Å². The largest absolute Gasteiger partial charge is 0.350 e. The zero-order valence-electron chi connectivity index (χ0n) is 16.6. The van der Waals surface area contributed by atoms with E-state index in [1.54, 1.807) is 23.1 Å². The minimum Gasteiger partial charge on any atom is -0.350 e. The highest BCUT2D eigenvalue weighted by Crippen LogP contribution is 2.29. The summed E-state index contributed by atoms with van der Waals surface area (Å²) in [5.41, 5.74) is 1.06. The van der Waals surface area contributed by atoms with Gasteiger partial charge < -0.3 is 10.2 Å². The van der Waals surface area contributed by atoms with Crippen molar-refractivity contribution < 1.29 is 18.1 Å². The molecule has 0 saturated carbocycles. The molecule has 1 amide bonds. The van der Waals surface area contributed by atoms with E-state index in [4.69, 9.17) is 0 Å². The number of hydrogen-bond donors (Lipinski definition) is 2. The number of anilines is 2. The molecule has 1 atom stereocenters. The molecule has 160 valence electrons. The molecule has 0 aromatic heterocycles. The highest BCUT2D eigenvalue weighted by molar-refractivity contribution is 7.88. The first-order valence-electron chi connectivity index (χ1n) is 9.57. The lowest BCUT2D eigenvalue weighted by molar-refractivity contribution is -0.383. The summed E-state index contributed by atoms with van der Waals surface area (Å²) in [5, 5.41) is 14.6. The number of nitrogens with one attached hydrogen (secondary N) is 2. The molecule has 2 aromatic carbocycles. The van der Waals surface area contributed by atoms with E-state index in [2.05, 4.69) is 10.0 Å². The van der Waals surface area contributed by atoms with Crippen LogP contribution in [0.4, 0.5) is 17.1 Å². The van der Waals surface area contributed by atoms with Crippen LogP contribution in [-0.2, 0) is 10.0 Å². The van der Waals surface area contributed by atoms with Gasteiger partial charge in [0.25, 0.3) is 11.6 Å². The first-order valence-corrected chi connectivity index (χ1v) is 11.5. The van der Waals surface area contributed by atoms with Gasteiger partial charge in [0, 0.05) is 37.0 Å². The number of piperidine rings is 1. The number of amides is 1. The van der Waals surface area contributed by atoms with Gasteiger partial charge in [-0.2, -0.15) is 0 Å². The Morgan fingerprint density at radius 2 is 1.97 bits per heavy atom. The fraction of sp³-hybridized carbons (Fsp3) is 0.350. The molecule has 0 aliphatic carbocycles. The first kappa shape index (κ1) is 21.7. The molecule has 1 fully saturated rings. The van der Waals surface area contributed by atoms with Crippen LogP contribution < -0.4 is 10.0 Å². The summed E-state index contributed by atoms with van der Waals surface area (Å²) in [6, 6.07) is 13.5. The minimum absolute atomic E-state index is 0.00595. The number of para-hydroxylation sites is 1. The average Bonchev–Trinajstić information content (AvgIpc) is 2.72. The molecule has 0 radical (unpaired) electrons. The van der Waals surface area contributed by atoms with E-state index in [9.17, 15) is 23.3 Å². The Morgan fingerprint density at radius 3 is 2.63 bits per heavy atom. The SMILES string of the molecule is CS(=O)(=O)NC[C@@H]1CCCN(C(=O)c2ccc(Nc3ccccc3)c([N+](=O)[O-])c2)C1. The van der Waals surface area contributed by atoms with Crippen LogP contribution in [0.3, 0.4) is 0 Å². The Bertz CT molecular complexity index is 1030. The maximum absolute atomic E-state index is 12.9. The molecule has 30 heavy (non-hydrogen) atoms. The number of sulfonamides is 1. The lowest BCUT2D eigenvalue weighted by atomic mass is 9.97. The fourth-order valence-electron chi connectivity index (χ4n) is 3.47. The second-order valence-electron chi connectivity index (χ2n) is 7.36. The predicted molar refractivity (Wildman–Crippen MR) is 114 cm³/mol. The monoisotopic (exact) mass is 432 g/mol. The predicted octanol–water partition coefficient (Wildman–Crippen LogP) is 2.74. The van der Waals surface area contributed by atoms with Gasteiger partial charge >= 0.3 is 0 Å². The summed E-state index contributed by atoms with van der Waals surface area (Å²) in [6.07, 6.45) is 2.66. The molecule has 1 aliphatic rings. The summed E-state index contributed by atoms with van der Waals surface area (Å²) >= 11 is 0. The second kappa shape index (κ2) is 9.23. The summed E-state index contributed by atoms with van der Waals surface area (Å²) in [5.74, 6) is -0.292. The van der Waals surface area contributed by atoms with Crippen LogP contribution in [0.25, 0.3) is 0 Å². The maximum atomic E-state index is 12.9. The molecule has 0 spiro atoms. The number of carbonyl (C=O) groups excluding carboxylic acids is 1. The lowest BCUT2D eigenvalue weighted by Gasteiger charge is -2.32. The first-order chi connectivity index (χ1) is 14.2. The molecule has 1 saturated heterocycles. The summed E-state index contributed by atoms with van der Waals surface area (Å²) in [4.78, 5) is 25.6. The third-order valence-electron chi connectivity index (χ3n) is 4.93. The normalized spacial score (nSPS) is 16.8. The van der Waals surface area contributed by atoms with Gasteiger partial charge in [-0.15, -0.1) is 0 Å². The van der Waals surface area contributed by atoms with Crippen molar-refractivity contribution in [2.75, 3.05) is 31.2 Å². The Labute approximate surface area is 175 Å². The van der Waals surface area contributed by atoms with Gasteiger partial charge in [0.2, 0.25) is 10.0 Å². The molecule has 2 N–H and O–H groups in total. The number of likely N-dealkylation sites (tertiary alicyclic amines) is 1. The molecule has 3 rings (SSSR count). The van der Waals surface area contributed by atoms with E-state index in [0.717, 1.165) is 19.1 Å². The topological polar surface area (TPSA) is 122 Å². The Balaban J connectivity index is 1.75. The molecular formula is C20H24N4O5S. The zero-order chi connectivity index (χ0) is 21.7. The number of carbonyl (C=O) groups is 1. The summed E-state index contributed by atoms with van der Waals surface area (Å²) in [7, 11) is -3.29. The Kier molecular flexibility index (Phi) is 6.68. The standard InChI is InChI=1S/C20H24N4O5S/c1-30(28,29)21-13-15-6-5-11-23(14-15)20(25)16-9-10-18(19(12-16)24(26)27)22-17-7-3-2-4-8-17/h2-4,7-10,12,15,21-22H,5-6,11,13-14H2,1H3/t15-/m0/s1. The van der Waals surface area contributed by atoms with Crippen LogP contribution in [0, 0.1) is 16.0 Å². The van der Waals surface area contributed by atoms with Gasteiger partial charge in [0.15, 0.2) is 0 Å². The van der Waals surface area contributed by atoms with Crippen LogP contribution in [0.2, 0.25) is 0 Å². The molecule has 2 aromatic rings. The Hall–Kier alpha value is -2.98. The molecule has 0 bridgehead atoms. The van der Waals surface area contributed by atoms with E-state index in [1.165, 1.54) is 12.1 Å². The van der Waals surface area contributed by atoms with Gasteiger partial charge in [-0.3, -0.25) is 14.9 Å². The molecule has 0 unspecified atom stereocenters. The van der Waals surface area contributed by atoms with Gasteiger partial charge in [0.1, 0.15) is 5.69 Å². The highest BCUT2D eigenvalue weighted by atomic mass is 32.2. The van der Waals surface area contributed by atoms with Gasteiger partial charge in [-0.25, -0.2) is 13.1 Å². The zero-order valence-corrected chi connectivity index (χ0v) is 17.4. The molecule has 1 heterocycles. The third-order valence-corrected chi connectivity index (χ3v) is 5.63. The van der Waals surface area contributed by atoms with Crippen molar-refractivity contribution in [2.24, 2.45) is 5.92 Å². The number of hydrogen-bond acceptors (Lipinski definition) is 6. The molecule has 9 nitrogen and oxygen atoms in total. The number of benzene rings is 2. The molecule has 1 aliphatic heterocycles. The molecule has 10 heteroatoms. The summed E-state index contributed by atoms with van der Waals surface area (Å²) < 4.78 is 25.1. The van der Waals surface area contributed by atoms with E-state index >= 15 is 0 Å².